The molecule has 0 heterocycles. The number of carbonyl (C=O) groups excluding carboxylic acids is 1. The highest BCUT2D eigenvalue weighted by atomic mass is 16.5. The molecule has 0 unspecified atom stereocenters. The minimum Gasteiger partial charge on any atom is -0.496 e. The molecule has 0 saturated carbocycles. The Balaban J connectivity index is 2.02. The van der Waals surface area contributed by atoms with Crippen molar-refractivity contribution in [2.75, 3.05) is 13.7 Å². The summed E-state index contributed by atoms with van der Waals surface area (Å²) in [4.78, 5) is 23.3. The molecule has 0 aliphatic rings. The summed E-state index contributed by atoms with van der Waals surface area (Å²) in [6.45, 7) is 4.29. The molecule has 1 amide bonds. The first kappa shape index (κ1) is 17.5. The monoisotopic (exact) mass is 327 g/mol. The smallest absolute Gasteiger partial charge is 0.335 e. The molecule has 2 aromatic carbocycles. The molecule has 2 rings (SSSR count). The molecular formula is C19H21NO4. The van der Waals surface area contributed by atoms with E-state index in [2.05, 4.69) is 5.32 Å². The molecule has 2 aromatic rings. The van der Waals surface area contributed by atoms with E-state index < -0.39 is 5.97 Å². The number of carboxylic acids is 1. The summed E-state index contributed by atoms with van der Waals surface area (Å²) in [6, 6.07) is 10.5. The van der Waals surface area contributed by atoms with E-state index in [4.69, 9.17) is 9.84 Å². The molecule has 24 heavy (non-hydrogen) atoms. The van der Waals surface area contributed by atoms with E-state index in [-0.39, 0.29) is 11.5 Å². The Bertz CT molecular complexity index is 768. The number of aryl methyl sites for hydroxylation is 2. The van der Waals surface area contributed by atoms with E-state index in [9.17, 15) is 9.59 Å². The lowest BCUT2D eigenvalue weighted by Crippen LogP contribution is -2.26. The van der Waals surface area contributed by atoms with Gasteiger partial charge in [0.25, 0.3) is 5.91 Å². The number of carboxylic acid groups (broad SMARTS) is 1. The second kappa shape index (κ2) is 7.64. The molecule has 0 radical (unpaired) electrons. The average molecular weight is 327 g/mol. The van der Waals surface area contributed by atoms with Crippen molar-refractivity contribution in [1.82, 2.24) is 5.32 Å². The van der Waals surface area contributed by atoms with Crippen molar-refractivity contribution in [3.63, 3.8) is 0 Å². The zero-order valence-corrected chi connectivity index (χ0v) is 14.1. The topological polar surface area (TPSA) is 75.6 Å². The van der Waals surface area contributed by atoms with Crippen LogP contribution >= 0.6 is 0 Å². The second-order valence-corrected chi connectivity index (χ2v) is 5.66. The van der Waals surface area contributed by atoms with Crippen LogP contribution in [0.15, 0.2) is 36.4 Å². The molecule has 2 N–H and O–H groups in total. The fourth-order valence-electron chi connectivity index (χ4n) is 2.47. The summed E-state index contributed by atoms with van der Waals surface area (Å²) in [7, 11) is 1.50. The Morgan fingerprint density at radius 2 is 1.88 bits per heavy atom. The van der Waals surface area contributed by atoms with Gasteiger partial charge in [-0.15, -0.1) is 0 Å². The number of aromatic carboxylic acids is 1. The standard InChI is InChI=1S/C19H21NO4/c1-12-4-5-13(2)16(10-12)18(21)20-9-8-14-6-7-15(19(22)23)11-17(14)24-3/h4-7,10-11H,8-9H2,1-3H3,(H,20,21)(H,22,23). The van der Waals surface area contributed by atoms with E-state index >= 15 is 0 Å². The van der Waals surface area contributed by atoms with Crippen LogP contribution in [-0.2, 0) is 6.42 Å². The number of hydrogen-bond donors (Lipinski definition) is 2. The number of benzene rings is 2. The number of ether oxygens (including phenoxy) is 1. The van der Waals surface area contributed by atoms with Gasteiger partial charge in [0.2, 0.25) is 0 Å². The third kappa shape index (κ3) is 4.13. The fraction of sp³-hybridized carbons (Fsp3) is 0.263. The lowest BCUT2D eigenvalue weighted by Gasteiger charge is -2.11. The molecule has 0 spiro atoms. The van der Waals surface area contributed by atoms with Crippen molar-refractivity contribution in [2.24, 2.45) is 0 Å². The van der Waals surface area contributed by atoms with Crippen LogP contribution in [0.1, 0.15) is 37.4 Å². The molecular weight excluding hydrogens is 306 g/mol. The summed E-state index contributed by atoms with van der Waals surface area (Å²) in [6.07, 6.45) is 0.555. The first-order valence-electron chi connectivity index (χ1n) is 7.68. The van der Waals surface area contributed by atoms with Crippen LogP contribution in [0.2, 0.25) is 0 Å². The van der Waals surface area contributed by atoms with Crippen LogP contribution in [-0.4, -0.2) is 30.6 Å². The highest BCUT2D eigenvalue weighted by Gasteiger charge is 2.11. The first-order valence-corrected chi connectivity index (χ1v) is 7.68. The third-order valence-electron chi connectivity index (χ3n) is 3.85. The summed E-state index contributed by atoms with van der Waals surface area (Å²) in [5, 5.41) is 11.9. The Labute approximate surface area is 141 Å². The Morgan fingerprint density at radius 3 is 2.54 bits per heavy atom. The molecule has 0 fully saturated rings. The minimum absolute atomic E-state index is 0.114. The second-order valence-electron chi connectivity index (χ2n) is 5.66. The van der Waals surface area contributed by atoms with E-state index in [1.807, 2.05) is 32.0 Å². The molecule has 0 aliphatic heterocycles. The Morgan fingerprint density at radius 1 is 1.12 bits per heavy atom. The van der Waals surface area contributed by atoms with Crippen LogP contribution in [0, 0.1) is 13.8 Å². The van der Waals surface area contributed by atoms with Crippen molar-refractivity contribution in [2.45, 2.75) is 20.3 Å². The van der Waals surface area contributed by atoms with E-state index in [1.165, 1.54) is 19.2 Å². The summed E-state index contributed by atoms with van der Waals surface area (Å²) in [5.41, 5.74) is 3.67. The highest BCUT2D eigenvalue weighted by Crippen LogP contribution is 2.20. The quantitative estimate of drug-likeness (QED) is 0.855. The van der Waals surface area contributed by atoms with E-state index in [0.717, 1.165) is 16.7 Å². The Kier molecular flexibility index (Phi) is 5.58. The molecule has 0 atom stereocenters. The lowest BCUT2D eigenvalue weighted by atomic mass is 10.0. The maximum atomic E-state index is 12.3. The summed E-state index contributed by atoms with van der Waals surface area (Å²) < 4.78 is 5.24. The van der Waals surface area contributed by atoms with Gasteiger partial charge in [0.1, 0.15) is 5.75 Å². The van der Waals surface area contributed by atoms with Gasteiger partial charge < -0.3 is 15.2 Å². The van der Waals surface area contributed by atoms with Gasteiger partial charge in [-0.1, -0.05) is 23.8 Å². The van der Waals surface area contributed by atoms with Crippen molar-refractivity contribution < 1.29 is 19.4 Å². The summed E-state index contributed by atoms with van der Waals surface area (Å²) in [5.74, 6) is -0.601. The third-order valence-corrected chi connectivity index (χ3v) is 3.85. The normalized spacial score (nSPS) is 10.3. The van der Waals surface area contributed by atoms with Crippen LogP contribution in [0.5, 0.6) is 5.75 Å². The lowest BCUT2D eigenvalue weighted by molar-refractivity contribution is 0.0696. The molecule has 5 nitrogen and oxygen atoms in total. The van der Waals surface area contributed by atoms with Crippen LogP contribution < -0.4 is 10.1 Å². The van der Waals surface area contributed by atoms with Gasteiger partial charge in [0, 0.05) is 12.1 Å². The van der Waals surface area contributed by atoms with E-state index in [0.29, 0.717) is 24.3 Å². The molecule has 0 bridgehead atoms. The SMILES string of the molecule is COc1cc(C(=O)O)ccc1CCNC(=O)c1cc(C)ccc1C. The number of carbonyl (C=O) groups is 2. The van der Waals surface area contributed by atoms with Gasteiger partial charge in [0.05, 0.1) is 12.7 Å². The molecule has 0 saturated heterocycles. The van der Waals surface area contributed by atoms with Gasteiger partial charge in [-0.05, 0) is 49.6 Å². The van der Waals surface area contributed by atoms with Crippen molar-refractivity contribution in [3.8, 4) is 5.75 Å². The van der Waals surface area contributed by atoms with Crippen molar-refractivity contribution in [1.29, 1.82) is 0 Å². The predicted octanol–water partition coefficient (Wildman–Crippen LogP) is 2.98. The van der Waals surface area contributed by atoms with Crippen molar-refractivity contribution >= 4 is 11.9 Å². The molecule has 0 aliphatic carbocycles. The van der Waals surface area contributed by atoms with Crippen LogP contribution in [0.3, 0.4) is 0 Å². The van der Waals surface area contributed by atoms with Crippen molar-refractivity contribution in [3.05, 3.63) is 64.2 Å². The number of rotatable bonds is 6. The number of nitrogens with one attached hydrogen (secondary N) is 1. The Hall–Kier alpha value is -2.82. The molecule has 5 heteroatoms. The zero-order chi connectivity index (χ0) is 17.7. The zero-order valence-electron chi connectivity index (χ0n) is 14.1. The van der Waals surface area contributed by atoms with Gasteiger partial charge in [0.15, 0.2) is 0 Å². The first-order chi connectivity index (χ1) is 11.4. The number of methoxy groups -OCH3 is 1. The maximum Gasteiger partial charge on any atom is 0.335 e. The van der Waals surface area contributed by atoms with E-state index in [1.54, 1.807) is 6.07 Å². The summed E-state index contributed by atoms with van der Waals surface area (Å²) >= 11 is 0. The largest absolute Gasteiger partial charge is 0.496 e. The fourth-order valence-corrected chi connectivity index (χ4v) is 2.47. The van der Waals surface area contributed by atoms with Gasteiger partial charge in [-0.2, -0.15) is 0 Å². The highest BCUT2D eigenvalue weighted by molar-refractivity contribution is 5.95. The van der Waals surface area contributed by atoms with Crippen LogP contribution in [0.25, 0.3) is 0 Å². The number of hydrogen-bond acceptors (Lipinski definition) is 3. The van der Waals surface area contributed by atoms with Gasteiger partial charge >= 0.3 is 5.97 Å². The average Bonchev–Trinajstić information content (AvgIpc) is 2.56. The molecule has 126 valence electrons. The maximum absolute atomic E-state index is 12.3. The van der Waals surface area contributed by atoms with Crippen LogP contribution in [0.4, 0.5) is 0 Å². The van der Waals surface area contributed by atoms with Gasteiger partial charge in [-0.25, -0.2) is 4.79 Å². The molecule has 0 aromatic heterocycles. The number of amides is 1. The minimum atomic E-state index is -0.997. The predicted molar refractivity (Wildman–Crippen MR) is 91.9 cm³/mol. The van der Waals surface area contributed by atoms with Gasteiger partial charge in [-0.3, -0.25) is 4.79 Å².